The summed E-state index contributed by atoms with van der Waals surface area (Å²) < 4.78 is 4.15. The van der Waals surface area contributed by atoms with Crippen molar-refractivity contribution >= 4 is 16.7 Å². The first-order chi connectivity index (χ1) is 6.40. The van der Waals surface area contributed by atoms with Crippen molar-refractivity contribution in [3.05, 3.63) is 30.3 Å². The van der Waals surface area contributed by atoms with E-state index in [1.54, 1.807) is 0 Å². The SMILES string of the molecule is NNc1nc(-c2ccccc2)ns1. The van der Waals surface area contributed by atoms with E-state index >= 15 is 0 Å². The number of hydrogen-bond donors (Lipinski definition) is 2. The molecule has 13 heavy (non-hydrogen) atoms. The van der Waals surface area contributed by atoms with E-state index in [2.05, 4.69) is 14.8 Å². The third-order valence-electron chi connectivity index (χ3n) is 1.58. The summed E-state index contributed by atoms with van der Waals surface area (Å²) in [4.78, 5) is 4.17. The predicted octanol–water partition coefficient (Wildman–Crippen LogP) is 1.49. The number of hydrazine groups is 1. The lowest BCUT2D eigenvalue weighted by molar-refractivity contribution is 1.26. The molecule has 4 nitrogen and oxygen atoms in total. The number of nitrogens with two attached hydrogens (primary N) is 1. The van der Waals surface area contributed by atoms with Crippen molar-refractivity contribution in [3.8, 4) is 11.4 Å². The first kappa shape index (κ1) is 8.15. The van der Waals surface area contributed by atoms with Crippen LogP contribution < -0.4 is 11.3 Å². The van der Waals surface area contributed by atoms with Crippen LogP contribution >= 0.6 is 11.5 Å². The quantitative estimate of drug-likeness (QED) is 0.559. The molecular formula is C8H8N4S. The Labute approximate surface area is 79.6 Å². The fourth-order valence-electron chi connectivity index (χ4n) is 0.987. The van der Waals surface area contributed by atoms with Crippen LogP contribution in [0.3, 0.4) is 0 Å². The highest BCUT2D eigenvalue weighted by Crippen LogP contribution is 2.19. The second-order valence-corrected chi connectivity index (χ2v) is 3.19. The van der Waals surface area contributed by atoms with Crippen molar-refractivity contribution in [1.29, 1.82) is 0 Å². The van der Waals surface area contributed by atoms with E-state index in [1.165, 1.54) is 11.5 Å². The minimum Gasteiger partial charge on any atom is -0.299 e. The summed E-state index contributed by atoms with van der Waals surface area (Å²) in [5.74, 6) is 5.91. The average Bonchev–Trinajstić information content (AvgIpc) is 2.67. The van der Waals surface area contributed by atoms with Crippen LogP contribution in [0.2, 0.25) is 0 Å². The highest BCUT2D eigenvalue weighted by Gasteiger charge is 2.03. The van der Waals surface area contributed by atoms with Gasteiger partial charge in [-0.3, -0.25) is 5.43 Å². The summed E-state index contributed by atoms with van der Waals surface area (Å²) in [5, 5.41) is 0.624. The molecule has 0 radical (unpaired) electrons. The molecule has 5 heteroatoms. The topological polar surface area (TPSA) is 63.8 Å². The Morgan fingerprint density at radius 1 is 1.23 bits per heavy atom. The van der Waals surface area contributed by atoms with Gasteiger partial charge in [0.15, 0.2) is 5.82 Å². The van der Waals surface area contributed by atoms with Gasteiger partial charge in [-0.1, -0.05) is 30.3 Å². The monoisotopic (exact) mass is 192 g/mol. The average molecular weight is 192 g/mol. The number of nitrogens with one attached hydrogen (secondary N) is 1. The second kappa shape index (κ2) is 3.51. The molecule has 0 spiro atoms. The van der Waals surface area contributed by atoms with Crippen LogP contribution in [-0.2, 0) is 0 Å². The molecular weight excluding hydrogens is 184 g/mol. The highest BCUT2D eigenvalue weighted by atomic mass is 32.1. The van der Waals surface area contributed by atoms with Gasteiger partial charge in [-0.15, -0.1) is 0 Å². The summed E-state index contributed by atoms with van der Waals surface area (Å²) in [7, 11) is 0. The molecule has 1 heterocycles. The molecule has 1 aromatic carbocycles. The van der Waals surface area contributed by atoms with Crippen molar-refractivity contribution < 1.29 is 0 Å². The molecule has 0 saturated heterocycles. The molecule has 0 amide bonds. The van der Waals surface area contributed by atoms with Crippen LogP contribution in [0.25, 0.3) is 11.4 Å². The molecule has 0 fully saturated rings. The van der Waals surface area contributed by atoms with E-state index in [-0.39, 0.29) is 0 Å². The molecule has 0 unspecified atom stereocenters. The number of nitrogens with zero attached hydrogens (tertiary/aromatic N) is 2. The Hall–Kier alpha value is -1.46. The number of benzene rings is 1. The van der Waals surface area contributed by atoms with Gasteiger partial charge in [0.1, 0.15) is 0 Å². The Balaban J connectivity index is 2.36. The van der Waals surface area contributed by atoms with Gasteiger partial charge in [0, 0.05) is 17.1 Å². The summed E-state index contributed by atoms with van der Waals surface area (Å²) in [6.07, 6.45) is 0. The van der Waals surface area contributed by atoms with Gasteiger partial charge in [0.25, 0.3) is 0 Å². The number of anilines is 1. The Morgan fingerprint density at radius 2 is 2.00 bits per heavy atom. The summed E-state index contributed by atoms with van der Waals surface area (Å²) >= 11 is 1.25. The first-order valence-electron chi connectivity index (χ1n) is 3.76. The van der Waals surface area contributed by atoms with Crippen molar-refractivity contribution in [2.24, 2.45) is 5.84 Å². The van der Waals surface area contributed by atoms with Gasteiger partial charge in [-0.05, 0) is 0 Å². The van der Waals surface area contributed by atoms with Crippen molar-refractivity contribution in [3.63, 3.8) is 0 Å². The van der Waals surface area contributed by atoms with E-state index < -0.39 is 0 Å². The lowest BCUT2D eigenvalue weighted by Gasteiger charge is -1.91. The standard InChI is InChI=1S/C8H8N4S/c9-11-8-10-7(12-13-8)6-4-2-1-3-5-6/h1-5H,9H2,(H,10,11,12). The third-order valence-corrected chi connectivity index (χ3v) is 2.23. The lowest BCUT2D eigenvalue weighted by atomic mass is 10.2. The van der Waals surface area contributed by atoms with Gasteiger partial charge in [-0.2, -0.15) is 9.36 Å². The highest BCUT2D eigenvalue weighted by molar-refractivity contribution is 7.09. The number of aromatic nitrogens is 2. The molecule has 0 aliphatic rings. The van der Waals surface area contributed by atoms with E-state index in [0.717, 1.165) is 5.56 Å². The van der Waals surface area contributed by atoms with E-state index in [1.807, 2.05) is 30.3 Å². The minimum atomic E-state index is 0.624. The zero-order chi connectivity index (χ0) is 9.10. The van der Waals surface area contributed by atoms with E-state index in [9.17, 15) is 0 Å². The summed E-state index contributed by atoms with van der Waals surface area (Å²) in [6.45, 7) is 0. The maximum absolute atomic E-state index is 5.20. The fraction of sp³-hybridized carbons (Fsp3) is 0. The first-order valence-corrected chi connectivity index (χ1v) is 4.53. The normalized spacial score (nSPS) is 9.92. The molecule has 0 atom stereocenters. The minimum absolute atomic E-state index is 0.624. The van der Waals surface area contributed by atoms with Crippen molar-refractivity contribution in [1.82, 2.24) is 9.36 Å². The Kier molecular flexibility index (Phi) is 2.20. The van der Waals surface area contributed by atoms with Gasteiger partial charge in [0.05, 0.1) is 0 Å². The zero-order valence-electron chi connectivity index (χ0n) is 6.77. The summed E-state index contributed by atoms with van der Waals surface area (Å²) in [6, 6.07) is 9.78. The van der Waals surface area contributed by atoms with Crippen LogP contribution in [0.1, 0.15) is 0 Å². The zero-order valence-corrected chi connectivity index (χ0v) is 7.58. The fourth-order valence-corrected chi connectivity index (χ4v) is 1.49. The van der Waals surface area contributed by atoms with Gasteiger partial charge < -0.3 is 0 Å². The van der Waals surface area contributed by atoms with Crippen LogP contribution in [0.5, 0.6) is 0 Å². The third kappa shape index (κ3) is 1.66. The maximum atomic E-state index is 5.20. The predicted molar refractivity (Wildman–Crippen MR) is 53.2 cm³/mol. The van der Waals surface area contributed by atoms with Crippen LogP contribution in [-0.4, -0.2) is 9.36 Å². The van der Waals surface area contributed by atoms with Crippen LogP contribution in [0.15, 0.2) is 30.3 Å². The molecule has 2 aromatic rings. The van der Waals surface area contributed by atoms with Crippen molar-refractivity contribution in [2.45, 2.75) is 0 Å². The van der Waals surface area contributed by atoms with E-state index in [4.69, 9.17) is 5.84 Å². The smallest absolute Gasteiger partial charge is 0.217 e. The number of rotatable bonds is 2. The van der Waals surface area contributed by atoms with Gasteiger partial charge in [0.2, 0.25) is 5.13 Å². The summed E-state index contributed by atoms with van der Waals surface area (Å²) in [5.41, 5.74) is 3.46. The Bertz CT molecular complexity index is 384. The second-order valence-electron chi connectivity index (χ2n) is 2.43. The van der Waals surface area contributed by atoms with Crippen molar-refractivity contribution in [2.75, 3.05) is 5.43 Å². The molecule has 2 rings (SSSR count). The Morgan fingerprint density at radius 3 is 2.62 bits per heavy atom. The molecule has 0 aliphatic heterocycles. The number of hydrogen-bond acceptors (Lipinski definition) is 5. The van der Waals surface area contributed by atoms with Gasteiger partial charge >= 0.3 is 0 Å². The van der Waals surface area contributed by atoms with Crippen LogP contribution in [0.4, 0.5) is 5.13 Å². The van der Waals surface area contributed by atoms with E-state index in [0.29, 0.717) is 11.0 Å². The van der Waals surface area contributed by atoms with Gasteiger partial charge in [-0.25, -0.2) is 5.84 Å². The molecule has 3 N–H and O–H groups in total. The molecule has 66 valence electrons. The lowest BCUT2D eigenvalue weighted by Crippen LogP contribution is -2.05. The maximum Gasteiger partial charge on any atom is 0.217 e. The largest absolute Gasteiger partial charge is 0.299 e. The molecule has 0 aliphatic carbocycles. The number of nitrogen functional groups attached to an aromatic ring is 1. The molecule has 0 saturated carbocycles. The van der Waals surface area contributed by atoms with Crippen LogP contribution in [0, 0.1) is 0 Å². The molecule has 0 bridgehead atoms. The molecule has 1 aromatic heterocycles.